The van der Waals surface area contributed by atoms with Gasteiger partial charge in [-0.05, 0) is 30.5 Å². The van der Waals surface area contributed by atoms with Gasteiger partial charge in [0, 0.05) is 25.0 Å². The molecule has 1 aliphatic rings. The first-order valence-electron chi connectivity index (χ1n) is 10.1. The second-order valence-electron chi connectivity index (χ2n) is 7.20. The summed E-state index contributed by atoms with van der Waals surface area (Å²) in [4.78, 5) is 19.6. The number of nitrogens with one attached hydrogen (secondary N) is 1. The first kappa shape index (κ1) is 21.3. The quantitative estimate of drug-likeness (QED) is 0.626. The summed E-state index contributed by atoms with van der Waals surface area (Å²) in [6.07, 6.45) is 1.82. The molecule has 1 saturated heterocycles. The molecular formula is C23H26N4O3S. The molecule has 8 heteroatoms. The third kappa shape index (κ3) is 4.40. The molecule has 162 valence electrons. The SMILES string of the molecule is COc1ccccc1N1CCN(Nc2cc3ccccc3nc2OC)C(C(=O)SC)C1. The maximum Gasteiger partial charge on any atom is 0.239 e. The van der Waals surface area contributed by atoms with Crippen LogP contribution in [0.3, 0.4) is 0 Å². The van der Waals surface area contributed by atoms with E-state index in [2.05, 4.69) is 15.3 Å². The Bertz CT molecular complexity index is 1080. The Morgan fingerprint density at radius 3 is 2.65 bits per heavy atom. The first-order chi connectivity index (χ1) is 15.1. The molecule has 0 amide bonds. The third-order valence-electron chi connectivity index (χ3n) is 5.43. The average molecular weight is 439 g/mol. The van der Waals surface area contributed by atoms with Crippen LogP contribution in [0.4, 0.5) is 11.4 Å². The normalized spacial score (nSPS) is 16.9. The van der Waals surface area contributed by atoms with Crippen LogP contribution in [0.2, 0.25) is 0 Å². The lowest BCUT2D eigenvalue weighted by atomic mass is 10.1. The number of aromatic nitrogens is 1. The van der Waals surface area contributed by atoms with Gasteiger partial charge in [-0.25, -0.2) is 9.99 Å². The number of hydrogen-bond donors (Lipinski definition) is 1. The molecule has 0 spiro atoms. The Morgan fingerprint density at radius 2 is 1.87 bits per heavy atom. The number of benzene rings is 2. The van der Waals surface area contributed by atoms with Crippen molar-refractivity contribution in [1.82, 2.24) is 9.99 Å². The van der Waals surface area contributed by atoms with Crippen molar-refractivity contribution < 1.29 is 14.3 Å². The lowest BCUT2D eigenvalue weighted by Crippen LogP contribution is -2.58. The molecule has 0 saturated carbocycles. The highest BCUT2D eigenvalue weighted by Crippen LogP contribution is 2.32. The number of hydrogen-bond acceptors (Lipinski definition) is 8. The van der Waals surface area contributed by atoms with E-state index >= 15 is 0 Å². The molecule has 4 rings (SSSR count). The van der Waals surface area contributed by atoms with Crippen molar-refractivity contribution in [1.29, 1.82) is 0 Å². The number of ether oxygens (including phenoxy) is 2. The number of carbonyl (C=O) groups is 1. The van der Waals surface area contributed by atoms with Crippen LogP contribution in [0.15, 0.2) is 54.6 Å². The topological polar surface area (TPSA) is 66.9 Å². The molecule has 31 heavy (non-hydrogen) atoms. The van der Waals surface area contributed by atoms with Crippen molar-refractivity contribution in [2.45, 2.75) is 6.04 Å². The standard InChI is InChI=1S/C23H26N4O3S/c1-29-21-11-7-6-10-19(21)26-12-13-27(20(15-26)23(28)31-3)25-18-14-16-8-4-5-9-17(16)24-22(18)30-2/h4-11,14,20,25H,12-13,15H2,1-3H3. The van der Waals surface area contributed by atoms with E-state index in [-0.39, 0.29) is 11.2 Å². The second-order valence-corrected chi connectivity index (χ2v) is 8.01. The van der Waals surface area contributed by atoms with Gasteiger partial charge in [0.1, 0.15) is 17.5 Å². The number of rotatable bonds is 6. The summed E-state index contributed by atoms with van der Waals surface area (Å²) in [6.45, 7) is 1.94. The molecule has 2 heterocycles. The summed E-state index contributed by atoms with van der Waals surface area (Å²) in [5.74, 6) is 1.31. The molecule has 1 fully saturated rings. The van der Waals surface area contributed by atoms with Crippen LogP contribution in [-0.4, -0.2) is 61.3 Å². The highest BCUT2D eigenvalue weighted by molar-refractivity contribution is 8.13. The zero-order valence-corrected chi connectivity index (χ0v) is 18.7. The van der Waals surface area contributed by atoms with Crippen molar-refractivity contribution in [2.75, 3.05) is 50.4 Å². The third-order valence-corrected chi connectivity index (χ3v) is 6.10. The van der Waals surface area contributed by atoms with Crippen molar-refractivity contribution >= 4 is 39.2 Å². The number of fused-ring (bicyclic) bond motifs is 1. The number of para-hydroxylation sites is 3. The lowest BCUT2D eigenvalue weighted by molar-refractivity contribution is -0.115. The van der Waals surface area contributed by atoms with Crippen molar-refractivity contribution in [2.24, 2.45) is 0 Å². The summed E-state index contributed by atoms with van der Waals surface area (Å²) >= 11 is 1.24. The van der Waals surface area contributed by atoms with E-state index in [1.54, 1.807) is 14.2 Å². The minimum Gasteiger partial charge on any atom is -0.495 e. The van der Waals surface area contributed by atoms with Crippen molar-refractivity contribution in [3.05, 3.63) is 54.6 Å². The number of thioether (sulfide) groups is 1. The van der Waals surface area contributed by atoms with E-state index in [0.29, 0.717) is 19.0 Å². The van der Waals surface area contributed by atoms with Crippen LogP contribution >= 0.6 is 11.8 Å². The highest BCUT2D eigenvalue weighted by atomic mass is 32.2. The molecule has 1 unspecified atom stereocenters. The Hall–Kier alpha value is -2.97. The second kappa shape index (κ2) is 9.45. The zero-order chi connectivity index (χ0) is 21.8. The van der Waals surface area contributed by atoms with E-state index in [1.165, 1.54) is 11.8 Å². The Kier molecular flexibility index (Phi) is 6.48. The van der Waals surface area contributed by atoms with Gasteiger partial charge in [0.25, 0.3) is 0 Å². The van der Waals surface area contributed by atoms with Crippen LogP contribution < -0.4 is 19.8 Å². The largest absolute Gasteiger partial charge is 0.495 e. The number of methoxy groups -OCH3 is 2. The summed E-state index contributed by atoms with van der Waals surface area (Å²) in [7, 11) is 3.27. The molecule has 0 aliphatic carbocycles. The number of piperazine rings is 1. The maximum absolute atomic E-state index is 12.8. The van der Waals surface area contributed by atoms with Crippen molar-refractivity contribution in [3.63, 3.8) is 0 Å². The van der Waals surface area contributed by atoms with Gasteiger partial charge in [-0.3, -0.25) is 4.79 Å². The number of nitrogens with zero attached hydrogens (tertiary/aromatic N) is 3. The summed E-state index contributed by atoms with van der Waals surface area (Å²) < 4.78 is 11.0. The van der Waals surface area contributed by atoms with Crippen LogP contribution in [0.25, 0.3) is 10.9 Å². The number of pyridine rings is 1. The van der Waals surface area contributed by atoms with E-state index in [4.69, 9.17) is 9.47 Å². The predicted octanol–water partition coefficient (Wildman–Crippen LogP) is 3.66. The lowest BCUT2D eigenvalue weighted by Gasteiger charge is -2.41. The van der Waals surface area contributed by atoms with Crippen LogP contribution in [-0.2, 0) is 4.79 Å². The summed E-state index contributed by atoms with van der Waals surface area (Å²) in [5, 5.41) is 3.09. The van der Waals surface area contributed by atoms with Gasteiger partial charge < -0.3 is 19.8 Å². The monoisotopic (exact) mass is 438 g/mol. The Morgan fingerprint density at radius 1 is 1.10 bits per heavy atom. The first-order valence-corrected chi connectivity index (χ1v) is 11.3. The Labute approximate surface area is 186 Å². The Balaban J connectivity index is 1.61. The summed E-state index contributed by atoms with van der Waals surface area (Å²) in [6, 6.07) is 17.5. The van der Waals surface area contributed by atoms with E-state index in [9.17, 15) is 4.79 Å². The maximum atomic E-state index is 12.8. The number of anilines is 2. The smallest absolute Gasteiger partial charge is 0.239 e. The molecule has 1 aliphatic heterocycles. The molecular weight excluding hydrogens is 412 g/mol. The van der Waals surface area contributed by atoms with Crippen molar-refractivity contribution in [3.8, 4) is 11.6 Å². The van der Waals surface area contributed by atoms with Crippen LogP contribution in [0.1, 0.15) is 0 Å². The summed E-state index contributed by atoms with van der Waals surface area (Å²) in [5.41, 5.74) is 6.01. The van der Waals surface area contributed by atoms with Gasteiger partial charge in [-0.1, -0.05) is 42.1 Å². The number of carbonyl (C=O) groups excluding carboxylic acids is 1. The van der Waals surface area contributed by atoms with Gasteiger partial charge in [0.15, 0.2) is 0 Å². The van der Waals surface area contributed by atoms with E-state index < -0.39 is 0 Å². The van der Waals surface area contributed by atoms with E-state index in [0.717, 1.165) is 34.6 Å². The predicted molar refractivity (Wildman–Crippen MR) is 126 cm³/mol. The van der Waals surface area contributed by atoms with Gasteiger partial charge in [-0.15, -0.1) is 0 Å². The molecule has 0 bridgehead atoms. The zero-order valence-electron chi connectivity index (χ0n) is 17.9. The fraction of sp³-hybridized carbons (Fsp3) is 0.304. The highest BCUT2D eigenvalue weighted by Gasteiger charge is 2.33. The fourth-order valence-corrected chi connectivity index (χ4v) is 4.33. The van der Waals surface area contributed by atoms with Gasteiger partial charge in [-0.2, -0.15) is 0 Å². The molecule has 2 aromatic carbocycles. The van der Waals surface area contributed by atoms with Gasteiger partial charge in [0.2, 0.25) is 11.0 Å². The number of hydrazine groups is 1. The molecule has 3 aromatic rings. The molecule has 1 atom stereocenters. The minimum absolute atomic E-state index is 0.0970. The molecule has 1 N–H and O–H groups in total. The molecule has 0 radical (unpaired) electrons. The fourth-order valence-electron chi connectivity index (χ4n) is 3.85. The van der Waals surface area contributed by atoms with E-state index in [1.807, 2.05) is 65.9 Å². The van der Waals surface area contributed by atoms with Crippen LogP contribution in [0.5, 0.6) is 11.6 Å². The average Bonchev–Trinajstić information content (AvgIpc) is 2.83. The van der Waals surface area contributed by atoms with Gasteiger partial charge >= 0.3 is 0 Å². The van der Waals surface area contributed by atoms with Gasteiger partial charge in [0.05, 0.1) is 25.4 Å². The molecule has 7 nitrogen and oxygen atoms in total. The minimum atomic E-state index is -0.343. The van der Waals surface area contributed by atoms with Crippen LogP contribution in [0, 0.1) is 0 Å². The molecule has 1 aromatic heterocycles.